The Bertz CT molecular complexity index is 2330. The van der Waals surface area contributed by atoms with Crippen LogP contribution in [0.15, 0.2) is 182 Å². The van der Waals surface area contributed by atoms with Gasteiger partial charge in [0.15, 0.2) is 12.0 Å². The lowest BCUT2D eigenvalue weighted by Gasteiger charge is -2.25. The van der Waals surface area contributed by atoms with E-state index in [4.69, 9.17) is 4.74 Å². The Morgan fingerprint density at radius 1 is 0.396 bits per heavy atom. The predicted molar refractivity (Wildman–Crippen MR) is 200 cm³/mol. The normalized spacial score (nSPS) is 13.5. The van der Waals surface area contributed by atoms with Gasteiger partial charge in [0.05, 0.1) is 5.69 Å². The van der Waals surface area contributed by atoms with Crippen LogP contribution >= 0.6 is 0 Å². The number of hydrogen-bond donors (Lipinski definition) is 1. The van der Waals surface area contributed by atoms with Gasteiger partial charge in [0.25, 0.3) is 0 Å². The molecule has 9 rings (SSSR count). The summed E-state index contributed by atoms with van der Waals surface area (Å²) in [6.45, 7) is 0. The molecule has 3 nitrogen and oxygen atoms in total. The van der Waals surface area contributed by atoms with E-state index in [0.717, 1.165) is 56.0 Å². The standard InChI is InChI=1S/C45H32N2O/c1-5-13-31(14-6-1)34-23-27-39-40-28-24-35(30-42(40)44-43(41(39)29-34)46-45(48-44)33-15-7-2-8-16-33)32-21-25-38(26-22-32)47(36-17-9-3-10-18-36)37-19-11-4-12-20-37/h1-30,45-46H. The SMILES string of the molecule is c1ccc(-c2ccc3c(c2)c2c(c4cc(-c5ccc(N(c6ccccc6)c6ccccc6)cc5)ccc43)OC(c3ccccc3)N2)cc1. The maximum atomic E-state index is 6.78. The quantitative estimate of drug-likeness (QED) is 0.188. The van der Waals surface area contributed by atoms with E-state index in [1.807, 2.05) is 6.07 Å². The van der Waals surface area contributed by atoms with Crippen LogP contribution in [0.25, 0.3) is 43.8 Å². The fraction of sp³-hybridized carbons (Fsp3) is 0.0222. The zero-order valence-corrected chi connectivity index (χ0v) is 26.3. The molecule has 0 fully saturated rings. The van der Waals surface area contributed by atoms with Gasteiger partial charge in [0.1, 0.15) is 0 Å². The summed E-state index contributed by atoms with van der Waals surface area (Å²) in [6.07, 6.45) is -0.264. The number of nitrogens with zero attached hydrogens (tertiary/aromatic N) is 1. The van der Waals surface area contributed by atoms with Gasteiger partial charge in [0.2, 0.25) is 0 Å². The van der Waals surface area contributed by atoms with Crippen LogP contribution in [0.3, 0.4) is 0 Å². The van der Waals surface area contributed by atoms with Crippen molar-refractivity contribution in [2.75, 3.05) is 10.2 Å². The molecule has 228 valence electrons. The summed E-state index contributed by atoms with van der Waals surface area (Å²) in [5, 5.41) is 8.40. The highest BCUT2D eigenvalue weighted by Gasteiger charge is 2.28. The Balaban J connectivity index is 1.16. The highest BCUT2D eigenvalue weighted by molar-refractivity contribution is 6.18. The van der Waals surface area contributed by atoms with Gasteiger partial charge in [-0.1, -0.05) is 133 Å². The lowest BCUT2D eigenvalue weighted by molar-refractivity contribution is 0.262. The topological polar surface area (TPSA) is 24.5 Å². The van der Waals surface area contributed by atoms with E-state index >= 15 is 0 Å². The average molecular weight is 617 g/mol. The molecule has 0 aliphatic carbocycles. The van der Waals surface area contributed by atoms with Crippen molar-refractivity contribution in [1.82, 2.24) is 0 Å². The maximum Gasteiger partial charge on any atom is 0.196 e. The minimum Gasteiger partial charge on any atom is -0.464 e. The molecule has 8 aromatic rings. The molecule has 1 aliphatic rings. The second kappa shape index (κ2) is 11.8. The van der Waals surface area contributed by atoms with Crippen LogP contribution in [0.2, 0.25) is 0 Å². The van der Waals surface area contributed by atoms with E-state index in [1.165, 1.54) is 21.9 Å². The second-order valence-corrected chi connectivity index (χ2v) is 12.2. The second-order valence-electron chi connectivity index (χ2n) is 12.2. The Hall–Kier alpha value is -6.32. The third-order valence-electron chi connectivity index (χ3n) is 9.28. The summed E-state index contributed by atoms with van der Waals surface area (Å²) in [4.78, 5) is 2.29. The number of fused-ring (bicyclic) bond motifs is 6. The zero-order chi connectivity index (χ0) is 31.9. The summed E-state index contributed by atoms with van der Waals surface area (Å²) < 4.78 is 6.78. The smallest absolute Gasteiger partial charge is 0.196 e. The summed E-state index contributed by atoms with van der Waals surface area (Å²) in [7, 11) is 0. The van der Waals surface area contributed by atoms with Crippen molar-refractivity contribution in [1.29, 1.82) is 0 Å². The molecule has 3 heteroatoms. The lowest BCUT2D eigenvalue weighted by atomic mass is 9.93. The largest absolute Gasteiger partial charge is 0.464 e. The van der Waals surface area contributed by atoms with Crippen LogP contribution < -0.4 is 15.0 Å². The third kappa shape index (κ3) is 4.94. The van der Waals surface area contributed by atoms with E-state index in [-0.39, 0.29) is 6.23 Å². The molecule has 1 N–H and O–H groups in total. The summed E-state index contributed by atoms with van der Waals surface area (Å²) in [5.74, 6) is 0.898. The molecular formula is C45H32N2O. The first-order valence-electron chi connectivity index (χ1n) is 16.4. The summed E-state index contributed by atoms with van der Waals surface area (Å²) >= 11 is 0. The molecule has 0 spiro atoms. The summed E-state index contributed by atoms with van der Waals surface area (Å²) in [6, 6.07) is 64.4. The molecule has 1 aliphatic heterocycles. The first-order valence-corrected chi connectivity index (χ1v) is 16.4. The third-order valence-corrected chi connectivity index (χ3v) is 9.28. The molecule has 0 bridgehead atoms. The Kier molecular flexibility index (Phi) is 6.87. The van der Waals surface area contributed by atoms with Crippen molar-refractivity contribution in [3.8, 4) is 28.0 Å². The van der Waals surface area contributed by atoms with Gasteiger partial charge in [-0.05, 0) is 81.6 Å². The van der Waals surface area contributed by atoms with Crippen molar-refractivity contribution in [3.63, 3.8) is 0 Å². The van der Waals surface area contributed by atoms with Crippen LogP contribution in [0.4, 0.5) is 22.7 Å². The Morgan fingerprint density at radius 2 is 0.854 bits per heavy atom. The van der Waals surface area contributed by atoms with Gasteiger partial charge in [-0.25, -0.2) is 0 Å². The lowest BCUT2D eigenvalue weighted by Crippen LogP contribution is -2.09. The molecule has 0 saturated carbocycles. The van der Waals surface area contributed by atoms with Gasteiger partial charge in [-0.15, -0.1) is 0 Å². The molecule has 1 unspecified atom stereocenters. The highest BCUT2D eigenvalue weighted by Crippen LogP contribution is 2.50. The Labute approximate surface area is 280 Å². The molecule has 0 saturated heterocycles. The van der Waals surface area contributed by atoms with Crippen molar-refractivity contribution in [2.45, 2.75) is 6.23 Å². The number of anilines is 4. The number of hydrogen-bond acceptors (Lipinski definition) is 3. The van der Waals surface area contributed by atoms with Gasteiger partial charge in [0, 0.05) is 33.4 Å². The van der Waals surface area contributed by atoms with Crippen LogP contribution in [0.1, 0.15) is 11.8 Å². The number of rotatable bonds is 6. The van der Waals surface area contributed by atoms with Crippen molar-refractivity contribution in [3.05, 3.63) is 188 Å². The number of benzene rings is 8. The molecule has 48 heavy (non-hydrogen) atoms. The minimum atomic E-state index is -0.264. The van der Waals surface area contributed by atoms with E-state index in [0.29, 0.717) is 0 Å². The monoisotopic (exact) mass is 616 g/mol. The van der Waals surface area contributed by atoms with Gasteiger partial charge < -0.3 is 15.0 Å². The number of para-hydroxylation sites is 2. The molecule has 0 radical (unpaired) electrons. The molecule has 1 heterocycles. The number of nitrogens with one attached hydrogen (secondary N) is 1. The molecule has 1 atom stereocenters. The van der Waals surface area contributed by atoms with E-state index in [1.54, 1.807) is 0 Å². The van der Waals surface area contributed by atoms with E-state index in [9.17, 15) is 0 Å². The van der Waals surface area contributed by atoms with Gasteiger partial charge >= 0.3 is 0 Å². The molecule has 0 amide bonds. The molecule has 8 aromatic carbocycles. The van der Waals surface area contributed by atoms with Crippen LogP contribution in [-0.4, -0.2) is 0 Å². The Morgan fingerprint density at radius 3 is 1.46 bits per heavy atom. The van der Waals surface area contributed by atoms with Crippen LogP contribution in [0.5, 0.6) is 5.75 Å². The zero-order valence-electron chi connectivity index (χ0n) is 26.3. The summed E-state index contributed by atoms with van der Waals surface area (Å²) in [5.41, 5.74) is 10.2. The van der Waals surface area contributed by atoms with Crippen molar-refractivity contribution in [2.24, 2.45) is 0 Å². The molecular weight excluding hydrogens is 585 g/mol. The fourth-order valence-electron chi connectivity index (χ4n) is 6.93. The highest BCUT2D eigenvalue weighted by atomic mass is 16.5. The minimum absolute atomic E-state index is 0.264. The first kappa shape index (κ1) is 27.9. The van der Waals surface area contributed by atoms with E-state index < -0.39 is 0 Å². The van der Waals surface area contributed by atoms with E-state index in [2.05, 4.69) is 186 Å². The van der Waals surface area contributed by atoms with Crippen molar-refractivity contribution >= 4 is 44.3 Å². The van der Waals surface area contributed by atoms with Crippen LogP contribution in [-0.2, 0) is 0 Å². The maximum absolute atomic E-state index is 6.78. The van der Waals surface area contributed by atoms with Gasteiger partial charge in [-0.2, -0.15) is 0 Å². The predicted octanol–water partition coefficient (Wildman–Crippen LogP) is 12.3. The number of ether oxygens (including phenoxy) is 1. The first-order chi connectivity index (χ1) is 23.8. The average Bonchev–Trinajstić information content (AvgIpc) is 3.63. The molecule has 0 aromatic heterocycles. The van der Waals surface area contributed by atoms with Crippen molar-refractivity contribution < 1.29 is 4.74 Å². The fourth-order valence-corrected chi connectivity index (χ4v) is 6.93. The van der Waals surface area contributed by atoms with Crippen LogP contribution in [0, 0.1) is 0 Å². The van der Waals surface area contributed by atoms with Gasteiger partial charge in [-0.3, -0.25) is 0 Å².